The molecule has 1 aliphatic heterocycles. The van der Waals surface area contributed by atoms with Crippen LogP contribution in [0.15, 0.2) is 66.9 Å². The van der Waals surface area contributed by atoms with Gasteiger partial charge < -0.3 is 9.80 Å². The molecule has 0 radical (unpaired) electrons. The molecule has 0 spiro atoms. The topological polar surface area (TPSA) is 6.48 Å². The summed E-state index contributed by atoms with van der Waals surface area (Å²) < 4.78 is 0. The van der Waals surface area contributed by atoms with Gasteiger partial charge in [0, 0.05) is 25.5 Å². The van der Waals surface area contributed by atoms with Gasteiger partial charge in [-0.1, -0.05) is 30.3 Å². The maximum Gasteiger partial charge on any atom is 0.0689 e. The molecule has 0 saturated carbocycles. The van der Waals surface area contributed by atoms with Gasteiger partial charge in [-0.05, 0) is 30.3 Å². The molecule has 2 heteroatoms. The second-order valence-electron chi connectivity index (χ2n) is 4.46. The number of benzene rings is 2. The van der Waals surface area contributed by atoms with Crippen LogP contribution >= 0.6 is 0 Å². The van der Waals surface area contributed by atoms with E-state index in [4.69, 9.17) is 0 Å². The molecule has 2 aromatic carbocycles. The maximum absolute atomic E-state index is 2.26. The van der Waals surface area contributed by atoms with E-state index < -0.39 is 0 Å². The monoisotopic (exact) mass is 236 g/mol. The molecule has 0 N–H and O–H groups in total. The zero-order valence-electron chi connectivity index (χ0n) is 10.5. The normalized spacial score (nSPS) is 14.3. The van der Waals surface area contributed by atoms with Gasteiger partial charge in [-0.2, -0.15) is 0 Å². The first kappa shape index (κ1) is 10.9. The second-order valence-corrected chi connectivity index (χ2v) is 4.46. The Morgan fingerprint density at radius 1 is 0.833 bits per heavy atom. The van der Waals surface area contributed by atoms with Gasteiger partial charge in [0.15, 0.2) is 0 Å². The fourth-order valence-electron chi connectivity index (χ4n) is 2.29. The number of anilines is 3. The van der Waals surface area contributed by atoms with Crippen LogP contribution in [0.1, 0.15) is 0 Å². The van der Waals surface area contributed by atoms with Gasteiger partial charge in [-0.15, -0.1) is 0 Å². The third-order valence-electron chi connectivity index (χ3n) is 3.22. The summed E-state index contributed by atoms with van der Waals surface area (Å²) in [7, 11) is 2.12. The van der Waals surface area contributed by atoms with E-state index in [1.54, 1.807) is 0 Å². The summed E-state index contributed by atoms with van der Waals surface area (Å²) >= 11 is 0. The smallest absolute Gasteiger partial charge is 0.0689 e. The number of hydrogen-bond acceptors (Lipinski definition) is 2. The first-order valence-electron chi connectivity index (χ1n) is 6.17. The van der Waals surface area contributed by atoms with E-state index in [2.05, 4.69) is 77.7 Å². The summed E-state index contributed by atoms with van der Waals surface area (Å²) in [4.78, 5) is 4.49. The Bertz CT molecular complexity index is 560. The van der Waals surface area contributed by atoms with Crippen LogP contribution < -0.4 is 9.80 Å². The zero-order valence-corrected chi connectivity index (χ0v) is 10.5. The van der Waals surface area contributed by atoms with Crippen LogP contribution in [0.25, 0.3) is 0 Å². The number of rotatable bonds is 1. The molecule has 3 rings (SSSR count). The molecule has 90 valence electrons. The lowest BCUT2D eigenvalue weighted by molar-refractivity contribution is 1.04. The Morgan fingerprint density at radius 3 is 2.28 bits per heavy atom. The Morgan fingerprint density at radius 2 is 1.50 bits per heavy atom. The van der Waals surface area contributed by atoms with E-state index >= 15 is 0 Å². The van der Waals surface area contributed by atoms with E-state index in [1.807, 2.05) is 6.07 Å². The molecule has 2 aromatic rings. The molecule has 0 saturated heterocycles. The van der Waals surface area contributed by atoms with Crippen molar-refractivity contribution in [1.29, 1.82) is 0 Å². The Hall–Kier alpha value is -2.22. The number of likely N-dealkylation sites (N-methyl/N-ethyl adjacent to an activating group) is 1. The molecule has 0 unspecified atom stereocenters. The third-order valence-corrected chi connectivity index (χ3v) is 3.22. The number of fused-ring (bicyclic) bond motifs is 1. The summed E-state index contributed by atoms with van der Waals surface area (Å²) in [6.07, 6.45) is 4.34. The zero-order chi connectivity index (χ0) is 12.4. The van der Waals surface area contributed by atoms with Crippen molar-refractivity contribution in [1.82, 2.24) is 0 Å². The van der Waals surface area contributed by atoms with Crippen LogP contribution in [0.3, 0.4) is 0 Å². The van der Waals surface area contributed by atoms with E-state index in [0.717, 1.165) is 6.54 Å². The van der Waals surface area contributed by atoms with Gasteiger partial charge in [0.05, 0.1) is 11.4 Å². The largest absolute Gasteiger partial charge is 0.369 e. The Labute approximate surface area is 108 Å². The minimum absolute atomic E-state index is 0.931. The molecule has 0 aliphatic carbocycles. The van der Waals surface area contributed by atoms with Crippen molar-refractivity contribution in [3.8, 4) is 0 Å². The first-order valence-corrected chi connectivity index (χ1v) is 6.17. The predicted octanol–water partition coefficient (Wildman–Crippen LogP) is 3.79. The van der Waals surface area contributed by atoms with Gasteiger partial charge in [0.25, 0.3) is 0 Å². The second kappa shape index (κ2) is 4.57. The van der Waals surface area contributed by atoms with E-state index in [1.165, 1.54) is 17.1 Å². The van der Waals surface area contributed by atoms with Crippen LogP contribution in [-0.4, -0.2) is 13.6 Å². The average molecular weight is 236 g/mol. The van der Waals surface area contributed by atoms with Crippen molar-refractivity contribution in [2.24, 2.45) is 0 Å². The van der Waals surface area contributed by atoms with E-state index in [-0.39, 0.29) is 0 Å². The summed E-state index contributed by atoms with van der Waals surface area (Å²) in [5.41, 5.74) is 3.67. The minimum Gasteiger partial charge on any atom is -0.369 e. The molecule has 2 nitrogen and oxygen atoms in total. The lowest BCUT2D eigenvalue weighted by Gasteiger charge is -2.24. The number of hydrogen-bond donors (Lipinski definition) is 0. The Balaban J connectivity index is 2.13. The quantitative estimate of drug-likeness (QED) is 0.743. The van der Waals surface area contributed by atoms with Gasteiger partial charge in [-0.25, -0.2) is 0 Å². The molecular weight excluding hydrogens is 220 g/mol. The van der Waals surface area contributed by atoms with Crippen molar-refractivity contribution in [2.75, 3.05) is 23.4 Å². The molecule has 1 aliphatic rings. The molecule has 1 heterocycles. The minimum atomic E-state index is 0.931. The van der Waals surface area contributed by atoms with Gasteiger partial charge in [0.2, 0.25) is 0 Å². The summed E-state index contributed by atoms with van der Waals surface area (Å²) in [5.74, 6) is 0. The van der Waals surface area contributed by atoms with Gasteiger partial charge in [-0.3, -0.25) is 0 Å². The fraction of sp³-hybridized carbons (Fsp3) is 0.125. The first-order chi connectivity index (χ1) is 8.86. The lowest BCUT2D eigenvalue weighted by atomic mass is 10.2. The Kier molecular flexibility index (Phi) is 2.77. The van der Waals surface area contributed by atoms with Gasteiger partial charge >= 0.3 is 0 Å². The van der Waals surface area contributed by atoms with Gasteiger partial charge in [0.1, 0.15) is 0 Å². The third kappa shape index (κ3) is 1.86. The standard InChI is InChI=1S/C16H16N2/c1-17-12-7-13-18(14-8-3-2-4-9-14)16-11-6-5-10-15(16)17/h2-11,13H,12H2,1H3. The van der Waals surface area contributed by atoms with Crippen molar-refractivity contribution >= 4 is 17.1 Å². The maximum atomic E-state index is 2.26. The van der Waals surface area contributed by atoms with Crippen molar-refractivity contribution in [2.45, 2.75) is 0 Å². The van der Waals surface area contributed by atoms with Crippen LogP contribution in [0.2, 0.25) is 0 Å². The fourth-order valence-corrected chi connectivity index (χ4v) is 2.29. The van der Waals surface area contributed by atoms with E-state index in [9.17, 15) is 0 Å². The van der Waals surface area contributed by atoms with Crippen LogP contribution in [0, 0.1) is 0 Å². The molecule has 0 atom stereocenters. The van der Waals surface area contributed by atoms with E-state index in [0.29, 0.717) is 0 Å². The molecule has 18 heavy (non-hydrogen) atoms. The summed E-state index contributed by atoms with van der Waals surface area (Å²) in [6, 6.07) is 18.9. The highest BCUT2D eigenvalue weighted by molar-refractivity contribution is 5.79. The summed E-state index contributed by atoms with van der Waals surface area (Å²) in [6.45, 7) is 0.931. The average Bonchev–Trinajstić information content (AvgIpc) is 2.60. The number of para-hydroxylation sites is 3. The highest BCUT2D eigenvalue weighted by Gasteiger charge is 2.15. The molecule has 0 bridgehead atoms. The van der Waals surface area contributed by atoms with Crippen LogP contribution in [0.5, 0.6) is 0 Å². The van der Waals surface area contributed by atoms with Crippen LogP contribution in [-0.2, 0) is 0 Å². The lowest BCUT2D eigenvalue weighted by Crippen LogP contribution is -2.16. The van der Waals surface area contributed by atoms with Crippen molar-refractivity contribution < 1.29 is 0 Å². The van der Waals surface area contributed by atoms with Crippen molar-refractivity contribution in [3.63, 3.8) is 0 Å². The number of nitrogens with zero attached hydrogens (tertiary/aromatic N) is 2. The highest BCUT2D eigenvalue weighted by Crippen LogP contribution is 2.35. The predicted molar refractivity (Wildman–Crippen MR) is 77.4 cm³/mol. The highest BCUT2D eigenvalue weighted by atomic mass is 15.2. The van der Waals surface area contributed by atoms with Crippen LogP contribution in [0.4, 0.5) is 17.1 Å². The molecule has 0 amide bonds. The molecule has 0 aromatic heterocycles. The van der Waals surface area contributed by atoms with Crippen molar-refractivity contribution in [3.05, 3.63) is 66.9 Å². The SMILES string of the molecule is CN1CC=CN(c2ccccc2)c2ccccc21. The molecular formula is C16H16N2. The molecule has 0 fully saturated rings. The summed E-state index contributed by atoms with van der Waals surface area (Å²) in [5, 5.41) is 0.